The fraction of sp³-hybridized carbons (Fsp3) is 0.0909. The van der Waals surface area contributed by atoms with Crippen LogP contribution in [0.2, 0.25) is 0 Å². The smallest absolute Gasteiger partial charge is 0.267 e. The lowest BCUT2D eigenvalue weighted by Gasteiger charge is -2.08. The van der Waals surface area contributed by atoms with E-state index in [0.29, 0.717) is 5.69 Å². The number of carbonyl (C=O) groups is 1. The van der Waals surface area contributed by atoms with Gasteiger partial charge in [0.1, 0.15) is 11.5 Å². The number of aryl methyl sites for hydroxylation is 1. The molecule has 152 valence electrons. The molecule has 0 fully saturated rings. The Hall–Kier alpha value is -3.52. The van der Waals surface area contributed by atoms with Gasteiger partial charge in [0, 0.05) is 29.8 Å². The number of nitrogens with zero attached hydrogens (tertiary/aromatic N) is 1. The van der Waals surface area contributed by atoms with Crippen molar-refractivity contribution in [3.8, 4) is 0 Å². The van der Waals surface area contributed by atoms with Gasteiger partial charge in [0.2, 0.25) is 9.84 Å². The number of halogens is 1. The van der Waals surface area contributed by atoms with Crippen LogP contribution in [0, 0.1) is 12.7 Å². The van der Waals surface area contributed by atoms with Crippen molar-refractivity contribution in [1.29, 1.82) is 0 Å². The molecular weight excluding hydrogens is 405 g/mol. The highest BCUT2D eigenvalue weighted by molar-refractivity contribution is 7.91. The molecule has 0 aliphatic rings. The number of pyridine rings is 1. The zero-order chi connectivity index (χ0) is 21.3. The summed E-state index contributed by atoms with van der Waals surface area (Å²) < 4.78 is 38.9. The molecule has 2 heterocycles. The summed E-state index contributed by atoms with van der Waals surface area (Å²) in [4.78, 5) is 19.6. The van der Waals surface area contributed by atoms with Gasteiger partial charge < -0.3 is 10.3 Å². The van der Waals surface area contributed by atoms with Crippen LogP contribution in [0.4, 0.5) is 4.39 Å². The van der Waals surface area contributed by atoms with E-state index in [2.05, 4.69) is 15.3 Å². The molecule has 0 saturated carbocycles. The van der Waals surface area contributed by atoms with Gasteiger partial charge in [0.15, 0.2) is 0 Å². The molecule has 8 heteroatoms. The molecule has 0 unspecified atom stereocenters. The highest BCUT2D eigenvalue weighted by Crippen LogP contribution is 2.23. The number of H-pyrrole nitrogens is 1. The molecular formula is C22H18FN3O3S. The Bertz CT molecular complexity index is 1310. The second-order valence-corrected chi connectivity index (χ2v) is 8.84. The molecule has 0 aliphatic heterocycles. The first kappa shape index (κ1) is 19.8. The Morgan fingerprint density at radius 1 is 1.07 bits per heavy atom. The lowest BCUT2D eigenvalue weighted by Crippen LogP contribution is -2.23. The Balaban J connectivity index is 1.46. The summed E-state index contributed by atoms with van der Waals surface area (Å²) in [6.07, 6.45) is 3.31. The monoisotopic (exact) mass is 423 g/mol. The Morgan fingerprint density at radius 3 is 2.50 bits per heavy atom. The lowest BCUT2D eigenvalue weighted by molar-refractivity contribution is 0.0946. The lowest BCUT2D eigenvalue weighted by atomic mass is 10.2. The van der Waals surface area contributed by atoms with Crippen molar-refractivity contribution < 1.29 is 17.6 Å². The number of hydrogen-bond donors (Lipinski definition) is 2. The molecule has 0 atom stereocenters. The van der Waals surface area contributed by atoms with Crippen LogP contribution in [0.5, 0.6) is 0 Å². The first-order chi connectivity index (χ1) is 14.3. The SMILES string of the molecule is Cc1cc(S(=O)(=O)c2ccc(CNC(=O)c3cc4cnccc4[nH]3)cc2)ccc1F. The third kappa shape index (κ3) is 3.81. The van der Waals surface area contributed by atoms with Crippen LogP contribution >= 0.6 is 0 Å². The molecule has 0 radical (unpaired) electrons. The van der Waals surface area contributed by atoms with E-state index in [1.807, 2.05) is 0 Å². The molecule has 30 heavy (non-hydrogen) atoms. The highest BCUT2D eigenvalue weighted by Gasteiger charge is 2.18. The van der Waals surface area contributed by atoms with Crippen molar-refractivity contribution in [3.05, 3.63) is 89.6 Å². The van der Waals surface area contributed by atoms with E-state index in [1.165, 1.54) is 31.2 Å². The summed E-state index contributed by atoms with van der Waals surface area (Å²) in [5, 5.41) is 3.64. The number of benzene rings is 2. The van der Waals surface area contributed by atoms with Crippen LogP contribution in [-0.4, -0.2) is 24.3 Å². The van der Waals surface area contributed by atoms with Gasteiger partial charge >= 0.3 is 0 Å². The molecule has 0 bridgehead atoms. The maximum atomic E-state index is 13.4. The number of amides is 1. The van der Waals surface area contributed by atoms with Crippen LogP contribution in [0.1, 0.15) is 21.6 Å². The van der Waals surface area contributed by atoms with Crippen molar-refractivity contribution in [2.24, 2.45) is 0 Å². The van der Waals surface area contributed by atoms with E-state index >= 15 is 0 Å². The summed E-state index contributed by atoms with van der Waals surface area (Å²) in [7, 11) is -3.75. The molecule has 6 nitrogen and oxygen atoms in total. The van der Waals surface area contributed by atoms with Gasteiger partial charge in [-0.25, -0.2) is 12.8 Å². The summed E-state index contributed by atoms with van der Waals surface area (Å²) in [6, 6.07) is 13.4. The maximum Gasteiger partial charge on any atom is 0.267 e. The van der Waals surface area contributed by atoms with Gasteiger partial charge in [-0.1, -0.05) is 12.1 Å². The number of sulfone groups is 1. The van der Waals surface area contributed by atoms with Crippen LogP contribution in [0.15, 0.2) is 76.8 Å². The van der Waals surface area contributed by atoms with Crippen LogP contribution in [0.3, 0.4) is 0 Å². The molecule has 0 aliphatic carbocycles. The summed E-state index contributed by atoms with van der Waals surface area (Å²) >= 11 is 0. The average Bonchev–Trinajstić information content (AvgIpc) is 3.18. The fourth-order valence-electron chi connectivity index (χ4n) is 3.08. The minimum atomic E-state index is -3.75. The number of hydrogen-bond acceptors (Lipinski definition) is 4. The van der Waals surface area contributed by atoms with Gasteiger partial charge in [-0.15, -0.1) is 0 Å². The number of fused-ring (bicyclic) bond motifs is 1. The predicted octanol–water partition coefficient (Wildman–Crippen LogP) is 3.77. The molecule has 2 aromatic heterocycles. The predicted molar refractivity (Wildman–Crippen MR) is 110 cm³/mol. The largest absolute Gasteiger partial charge is 0.350 e. The third-order valence-electron chi connectivity index (χ3n) is 4.79. The summed E-state index contributed by atoms with van der Waals surface area (Å²) in [5.74, 6) is -0.726. The molecule has 2 aromatic carbocycles. The van der Waals surface area contributed by atoms with Gasteiger partial charge in [-0.05, 0) is 60.5 Å². The summed E-state index contributed by atoms with van der Waals surface area (Å²) in [6.45, 7) is 1.76. The minimum absolute atomic E-state index is 0.0377. The fourth-order valence-corrected chi connectivity index (χ4v) is 4.42. The third-order valence-corrected chi connectivity index (χ3v) is 6.56. The number of carbonyl (C=O) groups excluding carboxylic acids is 1. The van der Waals surface area contributed by atoms with Gasteiger partial charge in [0.05, 0.1) is 9.79 Å². The van der Waals surface area contributed by atoms with E-state index in [0.717, 1.165) is 22.5 Å². The quantitative estimate of drug-likeness (QED) is 0.478. The first-order valence-electron chi connectivity index (χ1n) is 9.16. The second-order valence-electron chi connectivity index (χ2n) is 6.89. The molecule has 0 saturated heterocycles. The van der Waals surface area contributed by atoms with Crippen molar-refractivity contribution >= 4 is 26.6 Å². The van der Waals surface area contributed by atoms with E-state index in [9.17, 15) is 17.6 Å². The highest BCUT2D eigenvalue weighted by atomic mass is 32.2. The van der Waals surface area contributed by atoms with Gasteiger partial charge in [-0.2, -0.15) is 0 Å². The summed E-state index contributed by atoms with van der Waals surface area (Å²) in [5.41, 5.74) is 2.25. The van der Waals surface area contributed by atoms with E-state index in [4.69, 9.17) is 0 Å². The number of rotatable bonds is 5. The van der Waals surface area contributed by atoms with Crippen molar-refractivity contribution in [1.82, 2.24) is 15.3 Å². The normalized spacial score (nSPS) is 11.5. The molecule has 0 spiro atoms. The van der Waals surface area contributed by atoms with Gasteiger partial charge in [0.25, 0.3) is 5.91 Å². The first-order valence-corrected chi connectivity index (χ1v) is 10.6. The topological polar surface area (TPSA) is 91.9 Å². The van der Waals surface area contributed by atoms with Crippen LogP contribution in [-0.2, 0) is 16.4 Å². The van der Waals surface area contributed by atoms with Gasteiger partial charge in [-0.3, -0.25) is 9.78 Å². The number of nitrogens with one attached hydrogen (secondary N) is 2. The maximum absolute atomic E-state index is 13.4. The van der Waals surface area contributed by atoms with Crippen molar-refractivity contribution in [3.63, 3.8) is 0 Å². The molecule has 4 aromatic rings. The standard InChI is InChI=1S/C22H18FN3O3S/c1-14-10-18(6-7-19(14)23)30(28,29)17-4-2-15(3-5-17)12-25-22(27)21-11-16-13-24-9-8-20(16)26-21/h2-11,13,26H,12H2,1H3,(H,25,27). The number of aromatic nitrogens is 2. The Kier molecular flexibility index (Phi) is 5.09. The van der Waals surface area contributed by atoms with E-state index in [-0.39, 0.29) is 27.8 Å². The van der Waals surface area contributed by atoms with Crippen LogP contribution in [0.25, 0.3) is 10.9 Å². The number of aromatic amines is 1. The molecule has 4 rings (SSSR count). The van der Waals surface area contributed by atoms with Crippen LogP contribution < -0.4 is 5.32 Å². The van der Waals surface area contributed by atoms with E-state index < -0.39 is 15.7 Å². The Morgan fingerprint density at radius 2 is 1.80 bits per heavy atom. The average molecular weight is 423 g/mol. The second kappa shape index (κ2) is 7.72. The molecule has 1 amide bonds. The zero-order valence-corrected chi connectivity index (χ0v) is 16.8. The van der Waals surface area contributed by atoms with E-state index in [1.54, 1.807) is 36.7 Å². The Labute approximate surface area is 172 Å². The van der Waals surface area contributed by atoms with Crippen molar-refractivity contribution in [2.45, 2.75) is 23.3 Å². The van der Waals surface area contributed by atoms with Crippen molar-refractivity contribution in [2.75, 3.05) is 0 Å². The molecule has 2 N–H and O–H groups in total. The minimum Gasteiger partial charge on any atom is -0.350 e. The zero-order valence-electron chi connectivity index (χ0n) is 16.0.